The van der Waals surface area contributed by atoms with Crippen LogP contribution in [-0.4, -0.2) is 122 Å². The Balaban J connectivity index is 0.000000147. The van der Waals surface area contributed by atoms with Gasteiger partial charge in [0, 0.05) is 139 Å². The molecule has 18 aromatic rings. The molecular formula is C89H79Br5I3N21O11Si2. The summed E-state index contributed by atoms with van der Waals surface area (Å²) in [5, 5.41) is 31.0. The molecule has 18 aromatic heterocycles. The van der Waals surface area contributed by atoms with E-state index in [-0.39, 0.29) is 45.6 Å². The molecule has 20 rings (SSSR count). The van der Waals surface area contributed by atoms with Crippen LogP contribution in [0, 0.1) is 40.7 Å². The Bertz CT molecular complexity index is 7440. The highest BCUT2D eigenvalue weighted by atomic mass is 127. The number of imidazole rings is 2. The van der Waals surface area contributed by atoms with E-state index >= 15 is 0 Å². The Morgan fingerprint density at radius 2 is 1.05 bits per heavy atom. The molecule has 0 saturated heterocycles. The number of aromatic nitrogens is 18. The number of nitrogens with two attached hydrogens (primary N) is 1. The lowest BCUT2D eigenvalue weighted by Crippen LogP contribution is -2.23. The van der Waals surface area contributed by atoms with Gasteiger partial charge in [0.05, 0.1) is 120 Å². The number of terminal acetylenes is 1. The molecule has 0 spiro atoms. The van der Waals surface area contributed by atoms with E-state index in [1.54, 1.807) is 91.6 Å². The molecule has 670 valence electrons. The zero-order chi connectivity index (χ0) is 94.1. The Kier molecular flexibility index (Phi) is 36.5. The predicted octanol–water partition coefficient (Wildman–Crippen LogP) is 19.8. The minimum absolute atomic E-state index is 0.00984. The van der Waals surface area contributed by atoms with Gasteiger partial charge in [-0.05, 0) is 232 Å². The Morgan fingerprint density at radius 1 is 0.573 bits per heavy atom. The SMILES string of the molecule is Brc1cc2occc2cn1.C#C[Si](C)(C)C.C[Si](C)(C)C#Cc1c[nH]c(Br)cc1=O.NCc1cc2occc2cn1.O=C(NCc1cc2occc2cn1)c1cn(Cc2cn3cc(C4CC4)ccc3n2)nn1.O=C(O)c1cn(Cc2cn3cc(C4CC4)ccc3n2)nn1.O=c1c(I)c[nH]c(Br)c1I.O=c1cc(Br)[nH]cc1I.O=c1cc[nH]c(Br)c1.[C-]#[N+]c1cc2occc2cn1. The average Bonchev–Trinajstić information content (AvgIpc) is 1.65. The quantitative estimate of drug-likeness (QED) is 0.0208. The van der Waals surface area contributed by atoms with Gasteiger partial charge in [-0.15, -0.1) is 32.7 Å². The normalized spacial score (nSPS) is 11.7. The first-order valence-corrected chi connectivity index (χ1v) is 53.6. The molecule has 0 atom stereocenters. The van der Waals surface area contributed by atoms with E-state index in [0.717, 1.165) is 75.9 Å². The Morgan fingerprint density at radius 3 is 1.52 bits per heavy atom. The smallest absolute Gasteiger partial charge is 0.358 e. The maximum atomic E-state index is 12.4. The number of carboxylic acid groups (broad SMARTS) is 1. The highest BCUT2D eigenvalue weighted by Crippen LogP contribution is 2.41. The molecule has 0 bridgehead atoms. The molecule has 0 aliphatic heterocycles. The number of aromatic carboxylic acids is 1. The molecule has 2 aliphatic rings. The minimum Gasteiger partial charge on any atom is -0.476 e. The summed E-state index contributed by atoms with van der Waals surface area (Å²) in [7, 11) is -2.51. The predicted molar refractivity (Wildman–Crippen MR) is 548 cm³/mol. The fourth-order valence-corrected chi connectivity index (χ4v) is 14.8. The van der Waals surface area contributed by atoms with Crippen molar-refractivity contribution in [2.75, 3.05) is 0 Å². The largest absolute Gasteiger partial charge is 0.476 e. The van der Waals surface area contributed by atoms with Gasteiger partial charge >= 0.3 is 5.97 Å². The molecule has 0 radical (unpaired) electrons. The third-order valence-electron chi connectivity index (χ3n) is 17.9. The molecular weight excluding hydrogens is 2380 g/mol. The number of pyridine rings is 10. The zero-order valence-corrected chi connectivity index (χ0v) is 86.8. The molecule has 2 saturated carbocycles. The van der Waals surface area contributed by atoms with Crippen molar-refractivity contribution in [3.05, 3.63) is 346 Å². The van der Waals surface area contributed by atoms with E-state index in [4.69, 9.17) is 41.5 Å². The number of furan rings is 4. The number of rotatable bonds is 11. The third kappa shape index (κ3) is 31.8. The van der Waals surface area contributed by atoms with Gasteiger partial charge in [-0.25, -0.2) is 29.1 Å². The highest BCUT2D eigenvalue weighted by Gasteiger charge is 2.25. The van der Waals surface area contributed by atoms with Crippen LogP contribution in [0.3, 0.4) is 0 Å². The van der Waals surface area contributed by atoms with Crippen molar-refractivity contribution in [2.24, 2.45) is 5.73 Å². The summed E-state index contributed by atoms with van der Waals surface area (Å²) in [5.41, 5.74) is 23.0. The van der Waals surface area contributed by atoms with E-state index in [0.29, 0.717) is 78.6 Å². The fraction of sp³-hybridized carbons (Fsp3) is 0.180. The van der Waals surface area contributed by atoms with Crippen LogP contribution >= 0.6 is 147 Å². The van der Waals surface area contributed by atoms with Gasteiger partial charge in [0.2, 0.25) is 5.43 Å². The van der Waals surface area contributed by atoms with Gasteiger partial charge in [0.25, 0.3) is 11.7 Å². The molecule has 32 nitrogen and oxygen atoms in total. The molecule has 18 heterocycles. The first kappa shape index (κ1) is 100. The topological polar surface area (TPSA) is 428 Å². The lowest BCUT2D eigenvalue weighted by atomic mass is 10.2. The van der Waals surface area contributed by atoms with Crippen LogP contribution in [0.15, 0.2) is 269 Å². The molecule has 42 heteroatoms. The van der Waals surface area contributed by atoms with Crippen molar-refractivity contribution < 1.29 is 32.4 Å². The molecule has 2 aliphatic carbocycles. The number of fused-ring (bicyclic) bond motifs is 6. The van der Waals surface area contributed by atoms with Crippen molar-refractivity contribution in [2.45, 2.75) is 103 Å². The minimum atomic E-state index is -1.40. The second-order valence-corrected chi connectivity index (χ2v) is 47.6. The number of amides is 1. The number of carbonyl (C=O) groups excluding carboxylic acids is 1. The first-order valence-electron chi connectivity index (χ1n) is 39.4. The van der Waals surface area contributed by atoms with Crippen LogP contribution in [0.25, 0.3) is 60.0 Å². The molecule has 131 heavy (non-hydrogen) atoms. The Hall–Kier alpha value is -11.2. The van der Waals surface area contributed by atoms with Crippen molar-refractivity contribution in [1.29, 1.82) is 0 Å². The summed E-state index contributed by atoms with van der Waals surface area (Å²) in [4.78, 5) is 107. The summed E-state index contributed by atoms with van der Waals surface area (Å²) >= 11 is 21.9. The summed E-state index contributed by atoms with van der Waals surface area (Å²) < 4.78 is 33.7. The molecule has 2 fully saturated rings. The number of halogens is 8. The molecule has 1 amide bonds. The van der Waals surface area contributed by atoms with Crippen molar-refractivity contribution in [3.8, 4) is 23.4 Å². The maximum absolute atomic E-state index is 12.4. The van der Waals surface area contributed by atoms with Gasteiger partial charge in [0.1, 0.15) is 60.6 Å². The number of nitrogens with one attached hydrogen (secondary N) is 5. The third-order valence-corrected chi connectivity index (χ3v) is 25.5. The fourth-order valence-electron chi connectivity index (χ4n) is 11.0. The van der Waals surface area contributed by atoms with Crippen molar-refractivity contribution in [3.63, 3.8) is 0 Å². The van der Waals surface area contributed by atoms with Crippen LogP contribution in [0.1, 0.15) is 98.0 Å². The van der Waals surface area contributed by atoms with Crippen LogP contribution in [-0.2, 0) is 26.2 Å². The van der Waals surface area contributed by atoms with E-state index < -0.39 is 22.1 Å². The number of carbonyl (C=O) groups is 2. The average molecular weight is 2460 g/mol. The van der Waals surface area contributed by atoms with E-state index in [1.165, 1.54) is 72.0 Å². The van der Waals surface area contributed by atoms with Gasteiger partial charge in [-0.3, -0.25) is 33.9 Å². The number of hydrogen-bond donors (Lipinski definition) is 7. The van der Waals surface area contributed by atoms with Crippen LogP contribution < -0.4 is 32.8 Å². The van der Waals surface area contributed by atoms with Crippen molar-refractivity contribution in [1.82, 2.24) is 93.9 Å². The number of H-pyrrole nitrogens is 4. The van der Waals surface area contributed by atoms with Crippen LogP contribution in [0.2, 0.25) is 39.3 Å². The first-order chi connectivity index (χ1) is 62.6. The maximum Gasteiger partial charge on any atom is 0.358 e. The van der Waals surface area contributed by atoms with Gasteiger partial charge in [0.15, 0.2) is 27.7 Å². The van der Waals surface area contributed by atoms with Crippen LogP contribution in [0.4, 0.5) is 5.82 Å². The van der Waals surface area contributed by atoms with Gasteiger partial charge in [-0.1, -0.05) is 74.3 Å². The van der Waals surface area contributed by atoms with E-state index in [1.807, 2.05) is 139 Å². The second-order valence-electron chi connectivity index (χ2n) is 30.5. The summed E-state index contributed by atoms with van der Waals surface area (Å²) in [6, 6.07) is 28.8. The van der Waals surface area contributed by atoms with Gasteiger partial charge < -0.3 is 67.4 Å². The molecule has 0 aromatic carbocycles. The zero-order valence-electron chi connectivity index (χ0n) is 70.4. The number of carboxylic acids is 1. The monoisotopic (exact) mass is 2450 g/mol. The van der Waals surface area contributed by atoms with Gasteiger partial charge in [-0.2, -0.15) is 0 Å². The molecule has 0 unspecified atom stereocenters. The highest BCUT2D eigenvalue weighted by molar-refractivity contribution is 14.1. The van der Waals surface area contributed by atoms with E-state index in [2.05, 4.69) is 245 Å². The van der Waals surface area contributed by atoms with E-state index in [9.17, 15) is 28.8 Å². The second kappa shape index (κ2) is 47.7. The summed E-state index contributed by atoms with van der Waals surface area (Å²) in [6.45, 7) is 21.1. The van der Waals surface area contributed by atoms with Crippen molar-refractivity contribution >= 4 is 236 Å². The summed E-state index contributed by atoms with van der Waals surface area (Å²) in [5.74, 6) is 3.31. The number of nitrogens with zero attached hydrogens (tertiary/aromatic N) is 15. The van der Waals surface area contributed by atoms with Crippen LogP contribution in [0.5, 0.6) is 0 Å². The standard InChI is InChI=1S/C22H19N7O2.C14H13N5O2.C10H12BrNOSi.C8H4N2O.C8H8N2O.C7H4BrNO.C5H2BrI2NO.C5H3BrINO.C5H4BrNO.C5H10Si/c30-22(24-9-17-7-20-15(8-23-17)5-6-31-20)19-13-29(27-26-19)12-18-11-28-10-16(14-1-2-14)3-4-21(28)25-18;20-14(21)12-8-19(17-16-12)7-11-6-18-5-10(9-1-2-9)3-4-13(18)15-11;1-14(2,3)5-4-8-7-12-10(11)6-9(8)13;1-9-8-4-7-6(5-10-8)2-3-11-7;9-4-7-3-8-6(5-10-7)1-2-11-8;8-7-3-6-5(4-9-7)1-2-10-6;6-5-3(8)4(10)2(7)1-9-5;6-5-1-4(9)3(7)2-8-5;6-5-3-4(8)1-2-7-5;1-5-6(2,3)4/h3-8,10-11,13-14H,1-2,9,12H2,(H,24,30);3-6,8-9H,1-2,7H2,(H,20,21);6-7H,1-3H3,(H,12,13);2-5H;1-3,5H,4,9H2;1-4H;1H,(H,9,10);1-2H,(H,8,9);1-3H,(H,7,8);1H,2-4H3. The lowest BCUT2D eigenvalue weighted by Gasteiger charge is -2.02. The lowest BCUT2D eigenvalue weighted by molar-refractivity contribution is 0.0690. The Labute approximate surface area is 832 Å². The number of aromatic amines is 4. The molecule has 8 N–H and O–H groups in total. The summed E-state index contributed by atoms with van der Waals surface area (Å²) in [6.07, 6.45) is 41.4. The number of hydrogen-bond acceptors (Lipinski definition) is 21.